The molecule has 0 aromatic heterocycles. The molecular formula is C19H21NO5. The molecule has 0 N–H and O–H groups in total. The number of hydrogen-bond acceptors (Lipinski definition) is 5. The molecular weight excluding hydrogens is 322 g/mol. The van der Waals surface area contributed by atoms with Gasteiger partial charge in [-0.25, -0.2) is 0 Å². The van der Waals surface area contributed by atoms with Gasteiger partial charge >= 0.3 is 0 Å². The van der Waals surface area contributed by atoms with Crippen molar-refractivity contribution >= 4 is 5.69 Å². The zero-order valence-electron chi connectivity index (χ0n) is 14.4. The Morgan fingerprint density at radius 2 is 1.92 bits per heavy atom. The van der Waals surface area contributed by atoms with E-state index >= 15 is 0 Å². The minimum Gasteiger partial charge on any atom is -0.497 e. The molecule has 25 heavy (non-hydrogen) atoms. The van der Waals surface area contributed by atoms with Crippen molar-refractivity contribution in [1.82, 2.24) is 0 Å². The van der Waals surface area contributed by atoms with Gasteiger partial charge in [0.2, 0.25) is 0 Å². The maximum atomic E-state index is 11.4. The van der Waals surface area contributed by atoms with E-state index in [1.54, 1.807) is 13.2 Å². The summed E-state index contributed by atoms with van der Waals surface area (Å²) < 4.78 is 15.5. The van der Waals surface area contributed by atoms with Crippen molar-refractivity contribution in [2.75, 3.05) is 21.0 Å². The van der Waals surface area contributed by atoms with Crippen LogP contribution in [0.2, 0.25) is 0 Å². The molecule has 1 atom stereocenters. The minimum atomic E-state index is -0.324. The van der Waals surface area contributed by atoms with Crippen LogP contribution >= 0.6 is 0 Å². The zero-order chi connectivity index (χ0) is 17.8. The lowest BCUT2D eigenvalue weighted by Crippen LogP contribution is -2.14. The van der Waals surface area contributed by atoms with Crippen LogP contribution in [-0.2, 0) is 17.6 Å². The summed E-state index contributed by atoms with van der Waals surface area (Å²) in [6, 6.07) is 11.1. The molecule has 0 heterocycles. The van der Waals surface area contributed by atoms with Crippen molar-refractivity contribution in [2.24, 2.45) is 0 Å². The smallest absolute Gasteiger partial charge is 0.276 e. The summed E-state index contributed by atoms with van der Waals surface area (Å²) in [5, 5.41) is 11.4. The van der Waals surface area contributed by atoms with Gasteiger partial charge in [-0.2, -0.15) is 0 Å². The van der Waals surface area contributed by atoms with Gasteiger partial charge in [-0.1, -0.05) is 6.07 Å². The first-order valence-electron chi connectivity index (χ1n) is 8.18. The van der Waals surface area contributed by atoms with Crippen molar-refractivity contribution in [3.63, 3.8) is 0 Å². The fourth-order valence-corrected chi connectivity index (χ4v) is 3.37. The summed E-state index contributed by atoms with van der Waals surface area (Å²) >= 11 is 0. The Morgan fingerprint density at radius 1 is 1.12 bits per heavy atom. The maximum Gasteiger partial charge on any atom is 0.276 e. The van der Waals surface area contributed by atoms with Gasteiger partial charge in [0.15, 0.2) is 6.79 Å². The lowest BCUT2D eigenvalue weighted by molar-refractivity contribution is -0.385. The van der Waals surface area contributed by atoms with Crippen LogP contribution in [0.5, 0.6) is 11.5 Å². The van der Waals surface area contributed by atoms with Crippen molar-refractivity contribution in [2.45, 2.75) is 25.2 Å². The highest BCUT2D eigenvalue weighted by Gasteiger charge is 2.27. The number of nitro benzene ring substituents is 1. The van der Waals surface area contributed by atoms with Gasteiger partial charge in [0.25, 0.3) is 5.69 Å². The van der Waals surface area contributed by atoms with Crippen LogP contribution in [0.15, 0.2) is 36.4 Å². The molecule has 6 heteroatoms. The number of nitrogens with zero attached hydrogens (tertiary/aromatic N) is 1. The van der Waals surface area contributed by atoms with E-state index in [-0.39, 0.29) is 23.3 Å². The molecule has 0 fully saturated rings. The van der Waals surface area contributed by atoms with Gasteiger partial charge in [0, 0.05) is 12.7 Å². The topological polar surface area (TPSA) is 70.8 Å². The average molecular weight is 343 g/mol. The van der Waals surface area contributed by atoms with Crippen molar-refractivity contribution in [3.05, 3.63) is 63.2 Å². The third kappa shape index (κ3) is 3.74. The maximum absolute atomic E-state index is 11.4. The third-order valence-electron chi connectivity index (χ3n) is 4.62. The molecule has 0 radical (unpaired) electrons. The molecule has 0 aliphatic heterocycles. The lowest BCUT2D eigenvalue weighted by Gasteiger charge is -2.25. The number of aryl methyl sites for hydroxylation is 1. The highest BCUT2D eigenvalue weighted by molar-refractivity contribution is 5.49. The normalized spacial score (nSPS) is 16.2. The van der Waals surface area contributed by atoms with Crippen LogP contribution in [0.1, 0.15) is 29.0 Å². The number of hydrogen-bond donors (Lipinski definition) is 0. The predicted octanol–water partition coefficient (Wildman–Crippen LogP) is 3.86. The molecule has 132 valence electrons. The molecule has 0 amide bonds. The van der Waals surface area contributed by atoms with Gasteiger partial charge in [-0.05, 0) is 60.6 Å². The second-order valence-electron chi connectivity index (χ2n) is 6.10. The summed E-state index contributed by atoms with van der Waals surface area (Å²) in [5.74, 6) is 1.42. The monoisotopic (exact) mass is 343 g/mol. The van der Waals surface area contributed by atoms with E-state index in [2.05, 4.69) is 0 Å². The molecule has 0 saturated carbocycles. The van der Waals surface area contributed by atoms with Gasteiger partial charge in [-0.15, -0.1) is 0 Å². The molecule has 2 aromatic rings. The van der Waals surface area contributed by atoms with Crippen LogP contribution < -0.4 is 9.47 Å². The number of ether oxygens (including phenoxy) is 3. The second-order valence-corrected chi connectivity index (χ2v) is 6.10. The SMILES string of the molecule is COCOc1ccc2c(c1)CC[C@@H](c1ccc(OC)cc1[N+](=O)[O-])C2. The van der Waals surface area contributed by atoms with Crippen LogP contribution in [0, 0.1) is 10.1 Å². The lowest BCUT2D eigenvalue weighted by atomic mass is 9.79. The van der Waals surface area contributed by atoms with E-state index in [0.29, 0.717) is 5.75 Å². The van der Waals surface area contributed by atoms with Crippen LogP contribution in [-0.4, -0.2) is 25.9 Å². The number of rotatable bonds is 6. The van der Waals surface area contributed by atoms with Crippen molar-refractivity contribution in [1.29, 1.82) is 0 Å². The molecule has 0 spiro atoms. The average Bonchev–Trinajstić information content (AvgIpc) is 2.65. The van der Waals surface area contributed by atoms with E-state index in [1.807, 2.05) is 24.3 Å². The molecule has 6 nitrogen and oxygen atoms in total. The van der Waals surface area contributed by atoms with Gasteiger partial charge in [-0.3, -0.25) is 10.1 Å². The van der Waals surface area contributed by atoms with Crippen molar-refractivity contribution in [3.8, 4) is 11.5 Å². The molecule has 2 aromatic carbocycles. The molecule has 0 bridgehead atoms. The summed E-state index contributed by atoms with van der Waals surface area (Å²) in [5.41, 5.74) is 3.36. The Bertz CT molecular complexity index is 774. The molecule has 0 unspecified atom stereocenters. The molecule has 1 aliphatic carbocycles. The number of benzene rings is 2. The predicted molar refractivity (Wildman–Crippen MR) is 93.4 cm³/mol. The van der Waals surface area contributed by atoms with E-state index < -0.39 is 0 Å². The number of methoxy groups -OCH3 is 2. The van der Waals surface area contributed by atoms with E-state index in [4.69, 9.17) is 14.2 Å². The Balaban J connectivity index is 1.84. The Labute approximate surface area is 146 Å². The molecule has 1 aliphatic rings. The second kappa shape index (κ2) is 7.53. The Morgan fingerprint density at radius 3 is 2.64 bits per heavy atom. The van der Waals surface area contributed by atoms with E-state index in [0.717, 1.165) is 30.6 Å². The summed E-state index contributed by atoms with van der Waals surface area (Å²) in [6.07, 6.45) is 2.52. The molecule has 3 rings (SSSR count). The largest absolute Gasteiger partial charge is 0.497 e. The van der Waals surface area contributed by atoms with Crippen molar-refractivity contribution < 1.29 is 19.1 Å². The highest BCUT2D eigenvalue weighted by atomic mass is 16.7. The van der Waals surface area contributed by atoms with Crippen LogP contribution in [0.25, 0.3) is 0 Å². The Kier molecular flexibility index (Phi) is 5.19. The fourth-order valence-electron chi connectivity index (χ4n) is 3.37. The van der Waals surface area contributed by atoms with Gasteiger partial charge < -0.3 is 14.2 Å². The van der Waals surface area contributed by atoms with Crippen LogP contribution in [0.4, 0.5) is 5.69 Å². The fraction of sp³-hybridized carbons (Fsp3) is 0.368. The summed E-state index contributed by atoms with van der Waals surface area (Å²) in [6.45, 7) is 0.222. The number of nitro groups is 1. The van der Waals surface area contributed by atoms with E-state index in [9.17, 15) is 10.1 Å². The van der Waals surface area contributed by atoms with Gasteiger partial charge in [0.05, 0.1) is 18.1 Å². The molecule has 0 saturated heterocycles. The van der Waals surface area contributed by atoms with Crippen LogP contribution in [0.3, 0.4) is 0 Å². The first kappa shape index (κ1) is 17.2. The quantitative estimate of drug-likeness (QED) is 0.452. The first-order valence-corrected chi connectivity index (χ1v) is 8.18. The minimum absolute atomic E-state index is 0.129. The Hall–Kier alpha value is -2.60. The van der Waals surface area contributed by atoms with E-state index in [1.165, 1.54) is 24.3 Å². The summed E-state index contributed by atoms with van der Waals surface area (Å²) in [7, 11) is 3.10. The standard InChI is InChI=1S/C19H21NO5/c1-23-12-25-17-6-5-13-9-15(4-3-14(13)10-17)18-8-7-16(24-2)11-19(18)20(21)22/h5-8,10-11,15H,3-4,9,12H2,1-2H3/t15-/m1/s1. The number of fused-ring (bicyclic) bond motifs is 1. The summed E-state index contributed by atoms with van der Waals surface area (Å²) in [4.78, 5) is 11.1. The first-order chi connectivity index (χ1) is 12.1. The third-order valence-corrected chi connectivity index (χ3v) is 4.62. The zero-order valence-corrected chi connectivity index (χ0v) is 14.4. The highest BCUT2D eigenvalue weighted by Crippen LogP contribution is 2.39. The van der Waals surface area contributed by atoms with Gasteiger partial charge in [0.1, 0.15) is 11.5 Å².